The third-order valence-corrected chi connectivity index (χ3v) is 5.00. The van der Waals surface area contributed by atoms with Gasteiger partial charge >= 0.3 is 5.97 Å². The lowest BCUT2D eigenvalue weighted by Crippen LogP contribution is -2.46. The van der Waals surface area contributed by atoms with Crippen LogP contribution in [0.4, 0.5) is 0 Å². The van der Waals surface area contributed by atoms with E-state index in [-0.39, 0.29) is 22.7 Å². The second-order valence-corrected chi connectivity index (χ2v) is 6.60. The van der Waals surface area contributed by atoms with Crippen molar-refractivity contribution in [3.05, 3.63) is 46.0 Å². The predicted octanol–water partition coefficient (Wildman–Crippen LogP) is 2.07. The first-order chi connectivity index (χ1) is 11.5. The Morgan fingerprint density at radius 3 is 2.46 bits per heavy atom. The first kappa shape index (κ1) is 16.3. The van der Waals surface area contributed by atoms with Gasteiger partial charge in [-0.25, -0.2) is 4.79 Å². The highest BCUT2D eigenvalue weighted by atomic mass is 32.1. The van der Waals surface area contributed by atoms with Crippen molar-refractivity contribution in [2.75, 3.05) is 13.1 Å². The number of nitrogens with one attached hydrogen (secondary N) is 1. The lowest BCUT2D eigenvalue weighted by molar-refractivity contribution is 0.0689. The highest BCUT2D eigenvalue weighted by Crippen LogP contribution is 2.18. The molecule has 1 saturated heterocycles. The summed E-state index contributed by atoms with van der Waals surface area (Å²) >= 11 is 0.955. The van der Waals surface area contributed by atoms with Gasteiger partial charge in [0.05, 0.1) is 16.7 Å². The van der Waals surface area contributed by atoms with E-state index >= 15 is 0 Å². The zero-order chi connectivity index (χ0) is 17.1. The molecule has 1 aliphatic heterocycles. The van der Waals surface area contributed by atoms with Crippen molar-refractivity contribution in [1.29, 1.82) is 0 Å². The minimum Gasteiger partial charge on any atom is -0.477 e. The highest BCUT2D eigenvalue weighted by Gasteiger charge is 2.25. The molecule has 1 fully saturated rings. The van der Waals surface area contributed by atoms with Gasteiger partial charge in [-0.15, -0.1) is 11.3 Å². The quantitative estimate of drug-likeness (QED) is 0.881. The topological polar surface area (TPSA) is 99.8 Å². The summed E-state index contributed by atoms with van der Waals surface area (Å²) < 4.78 is 4.92. The van der Waals surface area contributed by atoms with Crippen molar-refractivity contribution < 1.29 is 23.9 Å². The largest absolute Gasteiger partial charge is 0.477 e. The standard InChI is InChI=1S/C16H16N2O5S/c19-14(12-1-2-13(24-12)16(21)22)17-11-3-6-18(7-4-11)15(20)10-5-8-23-9-10/h1-2,5,8-9,11H,3-4,6-7H2,(H,17,19)(H,21,22). The second-order valence-electron chi connectivity index (χ2n) is 5.52. The average Bonchev–Trinajstić information content (AvgIpc) is 3.26. The molecule has 126 valence electrons. The number of hydrogen-bond donors (Lipinski definition) is 2. The van der Waals surface area contributed by atoms with Gasteiger partial charge in [0.2, 0.25) is 0 Å². The first-order valence-electron chi connectivity index (χ1n) is 7.50. The Kier molecular flexibility index (Phi) is 4.66. The fourth-order valence-electron chi connectivity index (χ4n) is 2.63. The second kappa shape index (κ2) is 6.88. The number of carboxylic acids is 1. The van der Waals surface area contributed by atoms with Gasteiger partial charge in [-0.05, 0) is 31.0 Å². The minimum absolute atomic E-state index is 0.0266. The van der Waals surface area contributed by atoms with Crippen LogP contribution in [-0.4, -0.2) is 46.9 Å². The number of hydrogen-bond acceptors (Lipinski definition) is 5. The van der Waals surface area contributed by atoms with Gasteiger partial charge in [-0.3, -0.25) is 9.59 Å². The van der Waals surface area contributed by atoms with Crippen molar-refractivity contribution in [2.45, 2.75) is 18.9 Å². The Labute approximate surface area is 141 Å². The van der Waals surface area contributed by atoms with Gasteiger partial charge in [0, 0.05) is 19.1 Å². The van der Waals surface area contributed by atoms with Gasteiger partial charge in [-0.2, -0.15) is 0 Å². The number of aromatic carboxylic acids is 1. The van der Waals surface area contributed by atoms with E-state index in [2.05, 4.69) is 5.32 Å². The Bertz CT molecular complexity index is 744. The molecule has 1 aliphatic rings. The zero-order valence-electron chi connectivity index (χ0n) is 12.7. The van der Waals surface area contributed by atoms with Crippen LogP contribution in [0.25, 0.3) is 0 Å². The number of thiophene rings is 1. The molecule has 3 heterocycles. The SMILES string of the molecule is O=C(O)c1ccc(C(=O)NC2CCN(C(=O)c3ccoc3)CC2)s1. The number of nitrogens with zero attached hydrogens (tertiary/aromatic N) is 1. The molecule has 0 unspecified atom stereocenters. The molecular formula is C16H16N2O5S. The summed E-state index contributed by atoms with van der Waals surface area (Å²) in [7, 11) is 0. The van der Waals surface area contributed by atoms with Crippen LogP contribution in [-0.2, 0) is 0 Å². The van der Waals surface area contributed by atoms with E-state index in [0.717, 1.165) is 11.3 Å². The molecule has 0 aromatic carbocycles. The lowest BCUT2D eigenvalue weighted by Gasteiger charge is -2.32. The van der Waals surface area contributed by atoms with Gasteiger partial charge < -0.3 is 19.7 Å². The maximum Gasteiger partial charge on any atom is 0.345 e. The normalized spacial score (nSPS) is 15.2. The monoisotopic (exact) mass is 348 g/mol. The maximum absolute atomic E-state index is 12.2. The molecule has 7 nitrogen and oxygen atoms in total. The Morgan fingerprint density at radius 1 is 1.17 bits per heavy atom. The van der Waals surface area contributed by atoms with Gasteiger partial charge in [0.1, 0.15) is 11.1 Å². The summed E-state index contributed by atoms with van der Waals surface area (Å²) in [5, 5.41) is 11.8. The van der Waals surface area contributed by atoms with Crippen molar-refractivity contribution in [2.24, 2.45) is 0 Å². The summed E-state index contributed by atoms with van der Waals surface area (Å²) in [5.41, 5.74) is 0.525. The van der Waals surface area contributed by atoms with E-state index < -0.39 is 5.97 Å². The number of carboxylic acid groups (broad SMARTS) is 1. The predicted molar refractivity (Wildman–Crippen MR) is 86.4 cm³/mol. The molecule has 0 radical (unpaired) electrons. The van der Waals surface area contributed by atoms with Crippen LogP contribution in [0.15, 0.2) is 35.1 Å². The van der Waals surface area contributed by atoms with Gasteiger partial charge in [0.15, 0.2) is 0 Å². The summed E-state index contributed by atoms with van der Waals surface area (Å²) in [5.74, 6) is -1.38. The van der Waals surface area contributed by atoms with Crippen LogP contribution in [0, 0.1) is 0 Å². The van der Waals surface area contributed by atoms with E-state index in [1.807, 2.05) is 0 Å². The van der Waals surface area contributed by atoms with Gasteiger partial charge in [0.25, 0.3) is 11.8 Å². The number of rotatable bonds is 4. The molecule has 0 atom stereocenters. The third kappa shape index (κ3) is 3.48. The number of amides is 2. The van der Waals surface area contributed by atoms with Crippen LogP contribution in [0.5, 0.6) is 0 Å². The van der Waals surface area contributed by atoms with Crippen LogP contribution in [0.2, 0.25) is 0 Å². The zero-order valence-corrected chi connectivity index (χ0v) is 13.5. The first-order valence-corrected chi connectivity index (χ1v) is 8.31. The molecule has 2 amide bonds. The Morgan fingerprint density at radius 2 is 1.88 bits per heavy atom. The molecule has 2 aromatic heterocycles. The lowest BCUT2D eigenvalue weighted by atomic mass is 10.0. The number of piperidine rings is 1. The summed E-state index contributed by atoms with van der Waals surface area (Å²) in [6.45, 7) is 1.11. The number of carbonyl (C=O) groups excluding carboxylic acids is 2. The molecule has 2 aromatic rings. The van der Waals surface area contributed by atoms with Crippen LogP contribution in [0.1, 0.15) is 42.5 Å². The minimum atomic E-state index is -1.04. The smallest absolute Gasteiger partial charge is 0.345 e. The molecule has 0 bridgehead atoms. The molecule has 8 heteroatoms. The summed E-state index contributed by atoms with van der Waals surface area (Å²) in [6, 6.07) is 4.54. The van der Waals surface area contributed by atoms with E-state index in [4.69, 9.17) is 9.52 Å². The Balaban J connectivity index is 1.52. The van der Waals surface area contributed by atoms with E-state index in [0.29, 0.717) is 36.4 Å². The van der Waals surface area contributed by atoms with Crippen molar-refractivity contribution in [1.82, 2.24) is 10.2 Å². The molecular weight excluding hydrogens is 332 g/mol. The molecule has 24 heavy (non-hydrogen) atoms. The number of carbonyl (C=O) groups is 3. The highest BCUT2D eigenvalue weighted by molar-refractivity contribution is 7.15. The molecule has 2 N–H and O–H groups in total. The fourth-order valence-corrected chi connectivity index (χ4v) is 3.38. The third-order valence-electron chi connectivity index (χ3n) is 3.93. The number of likely N-dealkylation sites (tertiary alicyclic amines) is 1. The van der Waals surface area contributed by atoms with Crippen molar-refractivity contribution >= 4 is 29.1 Å². The summed E-state index contributed by atoms with van der Waals surface area (Å²) in [4.78, 5) is 37.5. The van der Waals surface area contributed by atoms with E-state index in [1.165, 1.54) is 24.7 Å². The van der Waals surface area contributed by atoms with E-state index in [1.54, 1.807) is 11.0 Å². The molecule has 0 saturated carbocycles. The van der Waals surface area contributed by atoms with Crippen LogP contribution in [0.3, 0.4) is 0 Å². The molecule has 3 rings (SSSR count). The van der Waals surface area contributed by atoms with Crippen molar-refractivity contribution in [3.8, 4) is 0 Å². The average molecular weight is 348 g/mol. The maximum atomic E-state index is 12.2. The summed E-state index contributed by atoms with van der Waals surface area (Å²) in [6.07, 6.45) is 4.21. The van der Waals surface area contributed by atoms with Crippen LogP contribution >= 0.6 is 11.3 Å². The van der Waals surface area contributed by atoms with Gasteiger partial charge in [-0.1, -0.05) is 0 Å². The fraction of sp³-hybridized carbons (Fsp3) is 0.312. The molecule has 0 aliphatic carbocycles. The molecule has 0 spiro atoms. The van der Waals surface area contributed by atoms with Crippen molar-refractivity contribution in [3.63, 3.8) is 0 Å². The number of furan rings is 1. The Hall–Kier alpha value is -2.61. The van der Waals surface area contributed by atoms with Crippen LogP contribution < -0.4 is 5.32 Å². The van der Waals surface area contributed by atoms with E-state index in [9.17, 15) is 14.4 Å².